The van der Waals surface area contributed by atoms with Crippen molar-refractivity contribution in [2.24, 2.45) is 0 Å². The Morgan fingerprint density at radius 3 is 2.44 bits per heavy atom. The molecule has 242 valence electrons. The van der Waals surface area contributed by atoms with Crippen molar-refractivity contribution >= 4 is 22.8 Å². The number of aliphatic hydroxyl groups excluding tert-OH is 3. The summed E-state index contributed by atoms with van der Waals surface area (Å²) in [5, 5.41) is 40.0. The van der Waals surface area contributed by atoms with Crippen LogP contribution >= 0.6 is 0 Å². The van der Waals surface area contributed by atoms with Crippen LogP contribution in [0.15, 0.2) is 36.4 Å². The number of aliphatic carboxylic acids is 1. The van der Waals surface area contributed by atoms with E-state index in [0.29, 0.717) is 29.7 Å². The van der Waals surface area contributed by atoms with Gasteiger partial charge in [-0.05, 0) is 72.6 Å². The van der Waals surface area contributed by atoms with Crippen LogP contribution in [-0.2, 0) is 38.3 Å². The quantitative estimate of drug-likeness (QED) is 0.228. The van der Waals surface area contributed by atoms with Gasteiger partial charge in [-0.3, -0.25) is 4.79 Å². The van der Waals surface area contributed by atoms with E-state index in [0.717, 1.165) is 47.8 Å². The fourth-order valence-electron chi connectivity index (χ4n) is 6.85. The Morgan fingerprint density at radius 2 is 1.73 bits per heavy atom. The van der Waals surface area contributed by atoms with Crippen LogP contribution in [-0.4, -0.2) is 68.1 Å². The highest BCUT2D eigenvalue weighted by Crippen LogP contribution is 2.43. The van der Waals surface area contributed by atoms with Crippen molar-refractivity contribution in [3.63, 3.8) is 0 Å². The number of aromatic amines is 1. The number of H-pyrrole nitrogens is 1. The number of aryl methyl sites for hydroxylation is 1. The topological polar surface area (TPSA) is 159 Å². The highest BCUT2D eigenvalue weighted by molar-refractivity contribution is 5.87. The summed E-state index contributed by atoms with van der Waals surface area (Å²) in [6.45, 7) is -0.0375. The molecule has 45 heavy (non-hydrogen) atoms. The predicted molar refractivity (Wildman–Crippen MR) is 151 cm³/mol. The SMILES string of the molecule is O=C(C[C@@H]1CCc2c1[nH]c1ccc(OCc3ccc(C4CCCC4)c(C(F)(F)F)c3)cc21)O[C@@H]1O[C@H](C(=O)O)[C@@H](O)[C@H](O)[C@H]1O. The number of aliphatic hydroxyl groups is 3. The Labute approximate surface area is 255 Å². The van der Waals surface area contributed by atoms with Crippen LogP contribution in [0.1, 0.15) is 78.3 Å². The zero-order valence-electron chi connectivity index (χ0n) is 24.1. The molecule has 0 spiro atoms. The monoisotopic (exact) mass is 633 g/mol. The second-order valence-electron chi connectivity index (χ2n) is 12.1. The molecule has 1 aliphatic heterocycles. The number of alkyl halides is 3. The second-order valence-corrected chi connectivity index (χ2v) is 12.1. The lowest BCUT2D eigenvalue weighted by atomic mass is 9.91. The normalized spacial score (nSPS) is 27.1. The van der Waals surface area contributed by atoms with Gasteiger partial charge in [0.1, 0.15) is 30.7 Å². The van der Waals surface area contributed by atoms with Gasteiger partial charge in [0.05, 0.1) is 12.0 Å². The maximum Gasteiger partial charge on any atom is 0.416 e. The van der Waals surface area contributed by atoms with Gasteiger partial charge in [0.2, 0.25) is 6.29 Å². The number of carboxylic acid groups (broad SMARTS) is 1. The second kappa shape index (κ2) is 12.3. The minimum atomic E-state index is -4.45. The molecule has 10 nitrogen and oxygen atoms in total. The number of halogens is 3. The number of fused-ring (bicyclic) bond motifs is 3. The lowest BCUT2D eigenvalue weighted by Crippen LogP contribution is -2.60. The fraction of sp³-hybridized carbons (Fsp3) is 0.500. The highest BCUT2D eigenvalue weighted by Gasteiger charge is 2.48. The number of carbonyl (C=O) groups is 2. The van der Waals surface area contributed by atoms with E-state index in [-0.39, 0.29) is 24.9 Å². The number of carbonyl (C=O) groups excluding carboxylic acids is 1. The lowest BCUT2D eigenvalue weighted by Gasteiger charge is -2.38. The number of rotatable bonds is 8. The van der Waals surface area contributed by atoms with Crippen LogP contribution < -0.4 is 4.74 Å². The van der Waals surface area contributed by atoms with E-state index in [1.807, 2.05) is 6.07 Å². The van der Waals surface area contributed by atoms with E-state index in [4.69, 9.17) is 14.2 Å². The highest BCUT2D eigenvalue weighted by atomic mass is 19.4. The molecule has 0 bridgehead atoms. The molecule has 0 amide bonds. The van der Waals surface area contributed by atoms with Crippen LogP contribution in [0.4, 0.5) is 13.2 Å². The summed E-state index contributed by atoms with van der Waals surface area (Å²) < 4.78 is 57.8. The standard InChI is InChI=1S/C32H34F3NO9/c33-32(34,35)22-11-15(5-8-19(22)16-3-1-2-4-16)14-43-18-7-10-23-21(13-18)20-9-6-17(25(20)36-23)12-24(37)44-31-28(40)26(38)27(39)29(45-31)30(41)42/h5,7-8,10-11,13,16-17,26-29,31,36,38-40H,1-4,6,9,12,14H2,(H,41,42)/t17-,26-,27-,28+,29-,31+/m0/s1. The molecular weight excluding hydrogens is 599 g/mol. The van der Waals surface area contributed by atoms with Gasteiger partial charge in [-0.1, -0.05) is 25.0 Å². The van der Waals surface area contributed by atoms with Crippen LogP contribution in [0.25, 0.3) is 10.9 Å². The van der Waals surface area contributed by atoms with Crippen molar-refractivity contribution in [3.8, 4) is 5.75 Å². The molecular formula is C32H34F3NO9. The van der Waals surface area contributed by atoms with Gasteiger partial charge in [0.25, 0.3) is 0 Å². The third-order valence-electron chi connectivity index (χ3n) is 9.16. The lowest BCUT2D eigenvalue weighted by molar-refractivity contribution is -0.286. The number of ether oxygens (including phenoxy) is 3. The van der Waals surface area contributed by atoms with Crippen molar-refractivity contribution < 1.29 is 57.4 Å². The van der Waals surface area contributed by atoms with Crippen molar-refractivity contribution in [2.75, 3.05) is 0 Å². The molecule has 5 N–H and O–H groups in total. The predicted octanol–water partition coefficient (Wildman–Crippen LogP) is 4.28. The first-order valence-electron chi connectivity index (χ1n) is 15.0. The molecule has 0 radical (unpaired) electrons. The largest absolute Gasteiger partial charge is 0.489 e. The van der Waals surface area contributed by atoms with E-state index >= 15 is 0 Å². The summed E-state index contributed by atoms with van der Waals surface area (Å²) in [7, 11) is 0. The van der Waals surface area contributed by atoms with E-state index < -0.39 is 54.4 Å². The van der Waals surface area contributed by atoms with Crippen molar-refractivity contribution in [1.82, 2.24) is 4.98 Å². The molecule has 2 aromatic carbocycles. The maximum atomic E-state index is 13.9. The van der Waals surface area contributed by atoms with Crippen LogP contribution in [0.2, 0.25) is 0 Å². The summed E-state index contributed by atoms with van der Waals surface area (Å²) >= 11 is 0. The molecule has 1 aromatic heterocycles. The molecule has 0 unspecified atom stereocenters. The molecule has 2 fully saturated rings. The number of nitrogens with one attached hydrogen (secondary N) is 1. The van der Waals surface area contributed by atoms with Crippen LogP contribution in [0.5, 0.6) is 5.75 Å². The molecule has 6 rings (SSSR count). The minimum Gasteiger partial charge on any atom is -0.489 e. The van der Waals surface area contributed by atoms with Crippen molar-refractivity contribution in [2.45, 2.75) is 100 Å². The number of aromatic nitrogens is 1. The van der Waals surface area contributed by atoms with Gasteiger partial charge >= 0.3 is 18.1 Å². The summed E-state index contributed by atoms with van der Waals surface area (Å²) in [5.41, 5.74) is 2.74. The van der Waals surface area contributed by atoms with E-state index in [1.165, 1.54) is 6.07 Å². The third kappa shape index (κ3) is 6.26. The zero-order valence-corrected chi connectivity index (χ0v) is 24.1. The maximum absolute atomic E-state index is 13.9. The number of hydrogen-bond donors (Lipinski definition) is 5. The summed E-state index contributed by atoms with van der Waals surface area (Å²) in [5.74, 6) is -2.24. The van der Waals surface area contributed by atoms with Crippen LogP contribution in [0, 0.1) is 0 Å². The molecule has 1 saturated carbocycles. The summed E-state index contributed by atoms with van der Waals surface area (Å²) in [4.78, 5) is 27.4. The Kier molecular flexibility index (Phi) is 8.55. The first-order chi connectivity index (χ1) is 21.4. The zero-order chi connectivity index (χ0) is 32.0. The average Bonchev–Trinajstić information content (AvgIpc) is 3.74. The first kappa shape index (κ1) is 31.3. The molecule has 6 atom stereocenters. The number of hydrogen-bond acceptors (Lipinski definition) is 8. The van der Waals surface area contributed by atoms with Crippen molar-refractivity contribution in [3.05, 3.63) is 64.3 Å². The van der Waals surface area contributed by atoms with Gasteiger partial charge in [-0.25, -0.2) is 4.79 Å². The third-order valence-corrected chi connectivity index (χ3v) is 9.16. The van der Waals surface area contributed by atoms with Gasteiger partial charge in [-0.15, -0.1) is 0 Å². The Bertz CT molecular complexity index is 1580. The fourth-order valence-corrected chi connectivity index (χ4v) is 6.85. The molecule has 2 heterocycles. The van der Waals surface area contributed by atoms with E-state index in [1.54, 1.807) is 24.3 Å². The first-order valence-corrected chi connectivity index (χ1v) is 15.0. The molecule has 3 aliphatic rings. The van der Waals surface area contributed by atoms with Gasteiger partial charge < -0.3 is 39.6 Å². The number of esters is 1. The smallest absolute Gasteiger partial charge is 0.416 e. The molecule has 1 saturated heterocycles. The number of carboxylic acids is 1. The molecule has 3 aromatic rings. The van der Waals surface area contributed by atoms with E-state index in [9.17, 15) is 43.2 Å². The van der Waals surface area contributed by atoms with Gasteiger partial charge in [0, 0.05) is 22.5 Å². The average molecular weight is 634 g/mol. The summed E-state index contributed by atoms with van der Waals surface area (Å²) in [6, 6.07) is 9.80. The Hall–Kier alpha value is -3.65. The molecule has 2 aliphatic carbocycles. The molecule has 13 heteroatoms. The van der Waals surface area contributed by atoms with E-state index in [2.05, 4.69) is 4.98 Å². The minimum absolute atomic E-state index is 0.0375. The summed E-state index contributed by atoms with van der Waals surface area (Å²) in [6.07, 6.45) is -9.21. The Balaban J connectivity index is 1.12. The van der Waals surface area contributed by atoms with Crippen molar-refractivity contribution in [1.29, 1.82) is 0 Å². The number of benzene rings is 2. The Morgan fingerprint density at radius 1 is 0.978 bits per heavy atom. The van der Waals surface area contributed by atoms with Crippen LogP contribution in [0.3, 0.4) is 0 Å². The van der Waals surface area contributed by atoms with Gasteiger partial charge in [-0.2, -0.15) is 13.2 Å². The van der Waals surface area contributed by atoms with Gasteiger partial charge in [0.15, 0.2) is 6.10 Å².